The predicted octanol–water partition coefficient (Wildman–Crippen LogP) is 4.36. The lowest BCUT2D eigenvalue weighted by Crippen LogP contribution is -2.33. The minimum Gasteiger partial charge on any atom is -0.490 e. The second-order valence-electron chi connectivity index (χ2n) is 6.83. The summed E-state index contributed by atoms with van der Waals surface area (Å²) in [5.41, 5.74) is 3.80. The Bertz CT molecular complexity index is 1230. The number of nitrogens with zero attached hydrogens (tertiary/aromatic N) is 1. The highest BCUT2D eigenvalue weighted by molar-refractivity contribution is 9.10. The summed E-state index contributed by atoms with van der Waals surface area (Å²) in [7, 11) is 0. The number of carbonyl (C=O) groups excluding carboxylic acids is 3. The number of anilines is 2. The van der Waals surface area contributed by atoms with Crippen molar-refractivity contribution in [3.63, 3.8) is 0 Å². The van der Waals surface area contributed by atoms with Crippen molar-refractivity contribution in [3.8, 4) is 5.75 Å². The molecule has 0 bridgehead atoms. The zero-order valence-corrected chi connectivity index (χ0v) is 19.5. The molecule has 3 aromatic carbocycles. The lowest BCUT2D eigenvalue weighted by atomic mass is 10.1. The molecule has 0 radical (unpaired) electrons. The van der Waals surface area contributed by atoms with Gasteiger partial charge in [-0.3, -0.25) is 14.4 Å². The van der Waals surface area contributed by atoms with Gasteiger partial charge in [0.05, 0.1) is 17.5 Å². The molecule has 0 fully saturated rings. The van der Waals surface area contributed by atoms with Crippen molar-refractivity contribution in [2.75, 3.05) is 17.2 Å². The van der Waals surface area contributed by atoms with E-state index in [0.29, 0.717) is 23.6 Å². The predicted molar refractivity (Wildman–Crippen MR) is 135 cm³/mol. The van der Waals surface area contributed by atoms with Crippen molar-refractivity contribution >= 4 is 51.2 Å². The molecular formula is C25H21BrN4O4. The van der Waals surface area contributed by atoms with E-state index < -0.39 is 17.7 Å². The number of carbonyl (C=O) groups is 3. The number of ether oxygens (including phenoxy) is 1. The third-order valence-electron chi connectivity index (χ3n) is 4.33. The number of hydrazone groups is 1. The number of halogens is 1. The molecule has 0 saturated heterocycles. The molecule has 0 aliphatic heterocycles. The fraction of sp³-hybridized carbons (Fsp3) is 0.0400. The van der Waals surface area contributed by atoms with Gasteiger partial charge >= 0.3 is 11.8 Å². The highest BCUT2D eigenvalue weighted by Crippen LogP contribution is 2.19. The van der Waals surface area contributed by atoms with Crippen molar-refractivity contribution in [1.29, 1.82) is 0 Å². The van der Waals surface area contributed by atoms with E-state index in [4.69, 9.17) is 4.74 Å². The first-order valence-corrected chi connectivity index (χ1v) is 10.9. The quantitative estimate of drug-likeness (QED) is 0.177. The summed E-state index contributed by atoms with van der Waals surface area (Å²) in [4.78, 5) is 37.2. The van der Waals surface area contributed by atoms with Gasteiger partial charge in [-0.25, -0.2) is 5.43 Å². The Hall–Kier alpha value is -4.24. The van der Waals surface area contributed by atoms with Gasteiger partial charge in [0.15, 0.2) is 0 Å². The number of nitrogens with one attached hydrogen (secondary N) is 3. The summed E-state index contributed by atoms with van der Waals surface area (Å²) in [5, 5.41) is 8.99. The van der Waals surface area contributed by atoms with Crippen LogP contribution in [0, 0.1) is 0 Å². The second-order valence-corrected chi connectivity index (χ2v) is 7.75. The summed E-state index contributed by atoms with van der Waals surface area (Å²) in [5.74, 6) is -1.77. The van der Waals surface area contributed by atoms with Crippen LogP contribution in [0.15, 0.2) is 95.0 Å². The maximum absolute atomic E-state index is 12.7. The van der Waals surface area contributed by atoms with Crippen molar-refractivity contribution < 1.29 is 19.1 Å². The van der Waals surface area contributed by atoms with Crippen molar-refractivity contribution in [1.82, 2.24) is 5.43 Å². The van der Waals surface area contributed by atoms with E-state index in [1.54, 1.807) is 72.8 Å². The van der Waals surface area contributed by atoms with E-state index in [1.807, 2.05) is 0 Å². The van der Waals surface area contributed by atoms with Crippen molar-refractivity contribution in [3.05, 3.63) is 101 Å². The smallest absolute Gasteiger partial charge is 0.329 e. The van der Waals surface area contributed by atoms with Crippen molar-refractivity contribution in [2.45, 2.75) is 0 Å². The molecule has 0 aromatic heterocycles. The lowest BCUT2D eigenvalue weighted by molar-refractivity contribution is -0.136. The minimum atomic E-state index is -0.988. The third-order valence-corrected chi connectivity index (χ3v) is 4.86. The molecule has 0 aliphatic rings. The first-order valence-electron chi connectivity index (χ1n) is 10.1. The summed E-state index contributed by atoms with van der Waals surface area (Å²) in [6, 6.07) is 20.4. The van der Waals surface area contributed by atoms with Crippen LogP contribution in [0.2, 0.25) is 0 Å². The Morgan fingerprint density at radius 3 is 2.47 bits per heavy atom. The molecule has 0 saturated carbocycles. The molecule has 3 N–H and O–H groups in total. The highest BCUT2D eigenvalue weighted by atomic mass is 79.9. The SMILES string of the molecule is C=CCOc1cccc(/C=N\NC(=O)C(=O)Nc2ccccc2C(=O)Nc2ccc(Br)cc2)c1. The van der Waals surface area contributed by atoms with Crippen LogP contribution in [0.5, 0.6) is 5.75 Å². The Kier molecular flexibility index (Phi) is 8.70. The van der Waals surface area contributed by atoms with Gasteiger partial charge in [0.2, 0.25) is 0 Å². The number of hydrogen-bond acceptors (Lipinski definition) is 5. The van der Waals surface area contributed by atoms with E-state index in [0.717, 1.165) is 4.47 Å². The molecule has 0 heterocycles. The van der Waals surface area contributed by atoms with Gasteiger partial charge in [-0.15, -0.1) is 0 Å². The molecule has 172 valence electrons. The summed E-state index contributed by atoms with van der Waals surface area (Å²) < 4.78 is 6.31. The number of benzene rings is 3. The standard InChI is InChI=1S/C25H21BrN4O4/c1-2-14-34-20-7-5-6-17(15-20)16-27-30-25(33)24(32)29-22-9-4-3-8-21(22)23(31)28-19-12-10-18(26)11-13-19/h2-13,15-16H,1,14H2,(H,28,31)(H,29,32)(H,30,33)/b27-16-. The highest BCUT2D eigenvalue weighted by Gasteiger charge is 2.17. The van der Waals surface area contributed by atoms with E-state index >= 15 is 0 Å². The second kappa shape index (κ2) is 12.1. The molecule has 9 heteroatoms. The van der Waals surface area contributed by atoms with Gasteiger partial charge in [0.1, 0.15) is 12.4 Å². The van der Waals surface area contributed by atoms with Crippen LogP contribution in [0.4, 0.5) is 11.4 Å². The Labute approximate surface area is 204 Å². The normalized spacial score (nSPS) is 10.4. The van der Waals surface area contributed by atoms with E-state index in [-0.39, 0.29) is 11.3 Å². The van der Waals surface area contributed by atoms with Gasteiger partial charge < -0.3 is 15.4 Å². The maximum Gasteiger partial charge on any atom is 0.329 e. The first kappa shape index (κ1) is 24.4. The molecule has 0 unspecified atom stereocenters. The summed E-state index contributed by atoms with van der Waals surface area (Å²) in [6.45, 7) is 3.95. The maximum atomic E-state index is 12.7. The van der Waals surface area contributed by atoms with E-state index in [1.165, 1.54) is 12.3 Å². The fourth-order valence-corrected chi connectivity index (χ4v) is 3.02. The van der Waals surface area contributed by atoms with Crippen LogP contribution in [-0.2, 0) is 9.59 Å². The van der Waals surface area contributed by atoms with Crippen LogP contribution < -0.4 is 20.8 Å². The topological polar surface area (TPSA) is 109 Å². The zero-order chi connectivity index (χ0) is 24.3. The molecule has 3 rings (SSSR count). The van der Waals surface area contributed by atoms with E-state index in [9.17, 15) is 14.4 Å². The average molecular weight is 521 g/mol. The monoisotopic (exact) mass is 520 g/mol. The molecular weight excluding hydrogens is 500 g/mol. The van der Waals surface area contributed by atoms with Crippen LogP contribution in [-0.4, -0.2) is 30.5 Å². The van der Waals surface area contributed by atoms with Crippen LogP contribution in [0.1, 0.15) is 15.9 Å². The first-order chi connectivity index (χ1) is 16.5. The third kappa shape index (κ3) is 7.14. The molecule has 8 nitrogen and oxygen atoms in total. The van der Waals surface area contributed by atoms with Gasteiger partial charge in [-0.1, -0.05) is 52.9 Å². The lowest BCUT2D eigenvalue weighted by Gasteiger charge is -2.11. The molecule has 0 atom stereocenters. The number of rotatable bonds is 8. The van der Waals surface area contributed by atoms with E-state index in [2.05, 4.69) is 43.7 Å². The minimum absolute atomic E-state index is 0.188. The van der Waals surface area contributed by atoms with Crippen LogP contribution in [0.3, 0.4) is 0 Å². The Balaban J connectivity index is 1.60. The van der Waals surface area contributed by atoms with Crippen LogP contribution >= 0.6 is 15.9 Å². The number of hydrogen-bond donors (Lipinski definition) is 3. The average Bonchev–Trinajstić information content (AvgIpc) is 2.84. The fourth-order valence-electron chi connectivity index (χ4n) is 2.76. The molecule has 3 amide bonds. The number of amides is 3. The van der Waals surface area contributed by atoms with Gasteiger partial charge in [-0.05, 0) is 54.1 Å². The summed E-state index contributed by atoms with van der Waals surface area (Å²) >= 11 is 3.34. The van der Waals surface area contributed by atoms with Crippen molar-refractivity contribution in [2.24, 2.45) is 5.10 Å². The van der Waals surface area contributed by atoms with Gasteiger partial charge in [0, 0.05) is 10.2 Å². The molecule has 34 heavy (non-hydrogen) atoms. The Morgan fingerprint density at radius 2 is 1.71 bits per heavy atom. The van der Waals surface area contributed by atoms with Crippen LogP contribution in [0.25, 0.3) is 0 Å². The zero-order valence-electron chi connectivity index (χ0n) is 18.0. The van der Waals surface area contributed by atoms with Gasteiger partial charge in [0.25, 0.3) is 5.91 Å². The largest absolute Gasteiger partial charge is 0.490 e. The van der Waals surface area contributed by atoms with Gasteiger partial charge in [-0.2, -0.15) is 5.10 Å². The molecule has 0 aliphatic carbocycles. The summed E-state index contributed by atoms with van der Waals surface area (Å²) in [6.07, 6.45) is 3.01. The number of para-hydroxylation sites is 1. The molecule has 0 spiro atoms. The molecule has 3 aromatic rings. The Morgan fingerprint density at radius 1 is 0.941 bits per heavy atom.